The van der Waals surface area contributed by atoms with Gasteiger partial charge in [0.25, 0.3) is 0 Å². The molecule has 0 atom stereocenters. The molecule has 1 aromatic carbocycles. The first-order valence-corrected chi connectivity index (χ1v) is 6.85. The van der Waals surface area contributed by atoms with Gasteiger partial charge in [-0.25, -0.2) is 9.37 Å². The lowest BCUT2D eigenvalue weighted by atomic mass is 10.1. The standard InChI is InChI=1S/C13H8BrClF4N2/c14-10-4-8(6-21-12(10)15)20-5-7-1-2-11(16)9(3-7)13(17,18)19/h1-4,6,20H,5H2. The molecule has 2 aromatic rings. The molecule has 0 aliphatic carbocycles. The Morgan fingerprint density at radius 3 is 2.57 bits per heavy atom. The molecule has 0 spiro atoms. The van der Waals surface area contributed by atoms with Gasteiger partial charge in [0.05, 0.1) is 21.9 Å². The maximum atomic E-state index is 13.2. The SMILES string of the molecule is Fc1ccc(CNc2cnc(Cl)c(Br)c2)cc1C(F)(F)F. The number of halogens is 6. The van der Waals surface area contributed by atoms with E-state index < -0.39 is 17.6 Å². The van der Waals surface area contributed by atoms with Gasteiger partial charge in [-0.2, -0.15) is 13.2 Å². The zero-order valence-corrected chi connectivity index (χ0v) is 12.7. The topological polar surface area (TPSA) is 24.9 Å². The number of benzene rings is 1. The third-order valence-electron chi connectivity index (χ3n) is 2.63. The summed E-state index contributed by atoms with van der Waals surface area (Å²) >= 11 is 8.92. The van der Waals surface area contributed by atoms with Gasteiger partial charge in [0.2, 0.25) is 0 Å². The smallest absolute Gasteiger partial charge is 0.380 e. The van der Waals surface area contributed by atoms with Crippen LogP contribution < -0.4 is 5.32 Å². The van der Waals surface area contributed by atoms with Crippen LogP contribution in [0.3, 0.4) is 0 Å². The fraction of sp³-hybridized carbons (Fsp3) is 0.154. The lowest BCUT2D eigenvalue weighted by molar-refractivity contribution is -0.140. The van der Waals surface area contributed by atoms with Crippen LogP contribution in [0.2, 0.25) is 5.15 Å². The van der Waals surface area contributed by atoms with E-state index in [1.807, 2.05) is 0 Å². The predicted molar refractivity (Wildman–Crippen MR) is 75.7 cm³/mol. The Bertz CT molecular complexity index is 661. The van der Waals surface area contributed by atoms with E-state index in [0.717, 1.165) is 12.1 Å². The fourth-order valence-electron chi connectivity index (χ4n) is 1.62. The summed E-state index contributed by atoms with van der Waals surface area (Å²) in [6.07, 6.45) is -3.27. The van der Waals surface area contributed by atoms with Gasteiger partial charge in [-0.3, -0.25) is 0 Å². The van der Waals surface area contributed by atoms with Crippen LogP contribution in [-0.2, 0) is 12.7 Å². The molecule has 0 aliphatic rings. The van der Waals surface area contributed by atoms with E-state index >= 15 is 0 Å². The molecule has 2 nitrogen and oxygen atoms in total. The van der Waals surface area contributed by atoms with E-state index in [2.05, 4.69) is 26.2 Å². The van der Waals surface area contributed by atoms with Crippen LogP contribution in [0.4, 0.5) is 23.2 Å². The predicted octanol–water partition coefficient (Wildman–Crippen LogP) is 5.27. The quantitative estimate of drug-likeness (QED) is 0.577. The first-order valence-electron chi connectivity index (χ1n) is 5.68. The molecule has 0 saturated carbocycles. The van der Waals surface area contributed by atoms with E-state index in [1.54, 1.807) is 6.07 Å². The summed E-state index contributed by atoms with van der Waals surface area (Å²) in [6, 6.07) is 4.51. The number of nitrogens with zero attached hydrogens (tertiary/aromatic N) is 1. The van der Waals surface area contributed by atoms with Crippen molar-refractivity contribution >= 4 is 33.2 Å². The zero-order valence-electron chi connectivity index (χ0n) is 10.3. The molecule has 0 unspecified atom stereocenters. The summed E-state index contributed by atoms with van der Waals surface area (Å²) in [7, 11) is 0. The number of alkyl halides is 3. The molecular formula is C13H8BrClF4N2. The number of rotatable bonds is 3. The lowest BCUT2D eigenvalue weighted by Crippen LogP contribution is -2.10. The van der Waals surface area contributed by atoms with Crippen molar-refractivity contribution in [1.29, 1.82) is 0 Å². The Hall–Kier alpha value is -1.34. The van der Waals surface area contributed by atoms with Crippen LogP contribution in [-0.4, -0.2) is 4.98 Å². The van der Waals surface area contributed by atoms with Gasteiger partial charge in [-0.05, 0) is 39.7 Å². The summed E-state index contributed by atoms with van der Waals surface area (Å²) in [5, 5.41) is 3.17. The zero-order chi connectivity index (χ0) is 15.6. The normalized spacial score (nSPS) is 11.5. The molecule has 1 heterocycles. The van der Waals surface area contributed by atoms with E-state index in [9.17, 15) is 17.6 Å². The second-order valence-corrected chi connectivity index (χ2v) is 5.37. The summed E-state index contributed by atoms with van der Waals surface area (Å²) in [6.45, 7) is 0.0963. The molecule has 0 fully saturated rings. The minimum absolute atomic E-state index is 0.0963. The van der Waals surface area contributed by atoms with Gasteiger partial charge in [-0.15, -0.1) is 0 Å². The minimum atomic E-state index is -4.72. The van der Waals surface area contributed by atoms with Crippen molar-refractivity contribution in [3.63, 3.8) is 0 Å². The molecule has 0 aliphatic heterocycles. The van der Waals surface area contributed by atoms with Crippen molar-refractivity contribution in [3.05, 3.63) is 57.0 Å². The van der Waals surface area contributed by atoms with Crippen LogP contribution in [0, 0.1) is 5.82 Å². The lowest BCUT2D eigenvalue weighted by Gasteiger charge is -2.11. The van der Waals surface area contributed by atoms with Crippen molar-refractivity contribution in [3.8, 4) is 0 Å². The number of pyridine rings is 1. The Morgan fingerprint density at radius 2 is 1.95 bits per heavy atom. The van der Waals surface area contributed by atoms with Crippen LogP contribution >= 0.6 is 27.5 Å². The summed E-state index contributed by atoms with van der Waals surface area (Å²) in [5.41, 5.74) is -0.406. The highest BCUT2D eigenvalue weighted by atomic mass is 79.9. The Kier molecular flexibility index (Phi) is 4.73. The Morgan fingerprint density at radius 1 is 1.24 bits per heavy atom. The summed E-state index contributed by atoms with van der Waals surface area (Å²) in [4.78, 5) is 3.88. The molecule has 8 heteroatoms. The number of nitrogens with one attached hydrogen (secondary N) is 1. The van der Waals surface area contributed by atoms with Crippen LogP contribution in [0.5, 0.6) is 0 Å². The van der Waals surface area contributed by atoms with E-state index in [0.29, 0.717) is 15.7 Å². The van der Waals surface area contributed by atoms with Crippen molar-refractivity contribution in [2.75, 3.05) is 5.32 Å². The monoisotopic (exact) mass is 382 g/mol. The van der Waals surface area contributed by atoms with Crippen molar-refractivity contribution in [2.45, 2.75) is 12.7 Å². The molecule has 112 valence electrons. The van der Waals surface area contributed by atoms with Gasteiger partial charge >= 0.3 is 6.18 Å². The molecule has 0 amide bonds. The second-order valence-electron chi connectivity index (χ2n) is 4.16. The molecule has 1 N–H and O–H groups in total. The van der Waals surface area contributed by atoms with Crippen LogP contribution in [0.25, 0.3) is 0 Å². The molecule has 21 heavy (non-hydrogen) atoms. The molecular weight excluding hydrogens is 376 g/mol. The van der Waals surface area contributed by atoms with Crippen LogP contribution in [0.1, 0.15) is 11.1 Å². The molecule has 2 rings (SSSR count). The Labute approximate surface area is 131 Å². The molecule has 0 saturated heterocycles. The average molecular weight is 384 g/mol. The fourth-order valence-corrected chi connectivity index (χ4v) is 2.07. The number of anilines is 1. The second kappa shape index (κ2) is 6.19. The number of hydrogen-bond donors (Lipinski definition) is 1. The summed E-state index contributed by atoms with van der Waals surface area (Å²) < 4.78 is 51.5. The van der Waals surface area contributed by atoms with Gasteiger partial charge in [0.15, 0.2) is 0 Å². The number of hydrogen-bond acceptors (Lipinski definition) is 2. The van der Waals surface area contributed by atoms with Gasteiger partial charge in [0.1, 0.15) is 11.0 Å². The summed E-state index contributed by atoms with van der Waals surface area (Å²) in [5.74, 6) is -1.29. The first-order chi connectivity index (χ1) is 9.77. The molecule has 1 aromatic heterocycles. The largest absolute Gasteiger partial charge is 0.419 e. The third kappa shape index (κ3) is 4.07. The molecule has 0 radical (unpaired) electrons. The van der Waals surface area contributed by atoms with Crippen molar-refractivity contribution < 1.29 is 17.6 Å². The minimum Gasteiger partial charge on any atom is -0.380 e. The average Bonchev–Trinajstić information content (AvgIpc) is 2.40. The van der Waals surface area contributed by atoms with Gasteiger partial charge in [-0.1, -0.05) is 17.7 Å². The molecule has 0 bridgehead atoms. The highest BCUT2D eigenvalue weighted by Crippen LogP contribution is 2.32. The maximum Gasteiger partial charge on any atom is 0.419 e. The maximum absolute atomic E-state index is 13.2. The van der Waals surface area contributed by atoms with E-state index in [1.165, 1.54) is 12.3 Å². The van der Waals surface area contributed by atoms with Gasteiger partial charge < -0.3 is 5.32 Å². The highest BCUT2D eigenvalue weighted by molar-refractivity contribution is 9.10. The van der Waals surface area contributed by atoms with Crippen LogP contribution in [0.15, 0.2) is 34.9 Å². The van der Waals surface area contributed by atoms with Crippen molar-refractivity contribution in [1.82, 2.24) is 4.98 Å². The van der Waals surface area contributed by atoms with E-state index in [-0.39, 0.29) is 11.7 Å². The first kappa shape index (κ1) is 16.0. The third-order valence-corrected chi connectivity index (χ3v) is 3.76. The number of aromatic nitrogens is 1. The van der Waals surface area contributed by atoms with Crippen molar-refractivity contribution in [2.24, 2.45) is 0 Å². The Balaban J connectivity index is 2.15. The highest BCUT2D eigenvalue weighted by Gasteiger charge is 2.34. The van der Waals surface area contributed by atoms with Gasteiger partial charge in [0, 0.05) is 6.54 Å². The van der Waals surface area contributed by atoms with E-state index in [4.69, 9.17) is 11.6 Å².